The molecular weight excluding hydrogens is 230 g/mol. The SMILES string of the molecule is CN(CCc1cccc(N)c1)Cc1cscn1. The summed E-state index contributed by atoms with van der Waals surface area (Å²) in [6.45, 7) is 1.92. The summed E-state index contributed by atoms with van der Waals surface area (Å²) >= 11 is 1.64. The molecule has 2 N–H and O–H groups in total. The maximum Gasteiger partial charge on any atom is 0.0795 e. The largest absolute Gasteiger partial charge is 0.399 e. The lowest BCUT2D eigenvalue weighted by Gasteiger charge is -2.15. The van der Waals surface area contributed by atoms with Crippen LogP contribution in [0.5, 0.6) is 0 Å². The van der Waals surface area contributed by atoms with Crippen molar-refractivity contribution in [1.29, 1.82) is 0 Å². The van der Waals surface area contributed by atoms with E-state index in [2.05, 4.69) is 28.4 Å². The van der Waals surface area contributed by atoms with E-state index in [-0.39, 0.29) is 0 Å². The van der Waals surface area contributed by atoms with Crippen molar-refractivity contribution in [3.8, 4) is 0 Å². The van der Waals surface area contributed by atoms with Crippen molar-refractivity contribution >= 4 is 17.0 Å². The van der Waals surface area contributed by atoms with Gasteiger partial charge in [-0.1, -0.05) is 12.1 Å². The smallest absolute Gasteiger partial charge is 0.0795 e. The molecule has 0 saturated heterocycles. The molecular formula is C13H17N3S. The van der Waals surface area contributed by atoms with Gasteiger partial charge in [0.2, 0.25) is 0 Å². The first-order valence-corrected chi connectivity index (χ1v) is 6.58. The molecule has 0 saturated carbocycles. The Bertz CT molecular complexity index is 453. The first-order chi connectivity index (χ1) is 8.24. The number of hydrogen-bond donors (Lipinski definition) is 1. The summed E-state index contributed by atoms with van der Waals surface area (Å²) in [7, 11) is 2.12. The van der Waals surface area contributed by atoms with Gasteiger partial charge in [0.05, 0.1) is 11.2 Å². The van der Waals surface area contributed by atoms with Crippen molar-refractivity contribution in [2.45, 2.75) is 13.0 Å². The van der Waals surface area contributed by atoms with Crippen molar-refractivity contribution < 1.29 is 0 Å². The predicted molar refractivity (Wildman–Crippen MR) is 73.0 cm³/mol. The fraction of sp³-hybridized carbons (Fsp3) is 0.308. The van der Waals surface area contributed by atoms with Crippen LogP contribution in [0.25, 0.3) is 0 Å². The van der Waals surface area contributed by atoms with Gasteiger partial charge in [0, 0.05) is 24.2 Å². The van der Waals surface area contributed by atoms with Crippen molar-refractivity contribution in [1.82, 2.24) is 9.88 Å². The topological polar surface area (TPSA) is 42.1 Å². The Hall–Kier alpha value is -1.39. The maximum absolute atomic E-state index is 5.75. The molecule has 1 aromatic heterocycles. The van der Waals surface area contributed by atoms with Crippen LogP contribution >= 0.6 is 11.3 Å². The average Bonchev–Trinajstić information content (AvgIpc) is 2.79. The number of rotatable bonds is 5. The molecule has 2 rings (SSSR count). The fourth-order valence-corrected chi connectivity index (χ4v) is 2.29. The van der Waals surface area contributed by atoms with E-state index >= 15 is 0 Å². The number of thiazole rings is 1. The molecule has 0 fully saturated rings. The highest BCUT2D eigenvalue weighted by molar-refractivity contribution is 7.07. The Kier molecular flexibility index (Phi) is 4.12. The molecule has 90 valence electrons. The van der Waals surface area contributed by atoms with Gasteiger partial charge in [-0.3, -0.25) is 0 Å². The zero-order chi connectivity index (χ0) is 12.1. The van der Waals surface area contributed by atoms with Gasteiger partial charge in [0.25, 0.3) is 0 Å². The van der Waals surface area contributed by atoms with Gasteiger partial charge in [-0.05, 0) is 31.2 Å². The van der Waals surface area contributed by atoms with Crippen molar-refractivity contribution in [3.05, 3.63) is 46.4 Å². The number of aromatic nitrogens is 1. The highest BCUT2D eigenvalue weighted by Gasteiger charge is 2.02. The fourth-order valence-electron chi connectivity index (χ4n) is 1.74. The number of nitrogens with zero attached hydrogens (tertiary/aromatic N) is 2. The Balaban J connectivity index is 1.82. The molecule has 0 unspecified atom stereocenters. The summed E-state index contributed by atoms with van der Waals surface area (Å²) < 4.78 is 0. The van der Waals surface area contributed by atoms with Crippen molar-refractivity contribution in [2.75, 3.05) is 19.3 Å². The maximum atomic E-state index is 5.75. The van der Waals surface area contributed by atoms with Gasteiger partial charge in [0.15, 0.2) is 0 Å². The van der Waals surface area contributed by atoms with Crippen LogP contribution in [0.1, 0.15) is 11.3 Å². The standard InChI is InChI=1S/C13H17N3S/c1-16(8-13-9-17-10-15-13)6-5-11-3-2-4-12(14)7-11/h2-4,7,9-10H,5-6,8,14H2,1H3. The molecule has 0 atom stereocenters. The van der Waals surface area contributed by atoms with E-state index in [0.717, 1.165) is 30.9 Å². The second-order valence-corrected chi connectivity index (χ2v) is 4.93. The summed E-state index contributed by atoms with van der Waals surface area (Å²) in [6.07, 6.45) is 1.02. The van der Waals surface area contributed by atoms with Crippen LogP contribution in [0.2, 0.25) is 0 Å². The Morgan fingerprint density at radius 1 is 1.41 bits per heavy atom. The minimum Gasteiger partial charge on any atom is -0.399 e. The van der Waals surface area contributed by atoms with Crippen LogP contribution in [0.4, 0.5) is 5.69 Å². The molecule has 1 heterocycles. The molecule has 3 nitrogen and oxygen atoms in total. The van der Waals surface area contributed by atoms with Crippen molar-refractivity contribution in [2.24, 2.45) is 0 Å². The molecule has 0 amide bonds. The highest BCUT2D eigenvalue weighted by Crippen LogP contribution is 2.09. The van der Waals surface area contributed by atoms with E-state index in [9.17, 15) is 0 Å². The number of benzene rings is 1. The second-order valence-electron chi connectivity index (χ2n) is 4.21. The third-order valence-electron chi connectivity index (χ3n) is 2.65. The summed E-state index contributed by atoms with van der Waals surface area (Å²) in [6, 6.07) is 8.08. The third kappa shape index (κ3) is 3.84. The first kappa shape index (κ1) is 12.1. The zero-order valence-corrected chi connectivity index (χ0v) is 10.8. The van der Waals surface area contributed by atoms with Crippen LogP contribution < -0.4 is 5.73 Å². The third-order valence-corrected chi connectivity index (χ3v) is 3.28. The van der Waals surface area contributed by atoms with E-state index < -0.39 is 0 Å². The van der Waals surface area contributed by atoms with Crippen LogP contribution in [-0.2, 0) is 13.0 Å². The lowest BCUT2D eigenvalue weighted by molar-refractivity contribution is 0.328. The van der Waals surface area contributed by atoms with E-state index in [1.165, 1.54) is 5.56 Å². The molecule has 17 heavy (non-hydrogen) atoms. The van der Waals surface area contributed by atoms with Crippen LogP contribution in [0.3, 0.4) is 0 Å². The molecule has 1 aromatic carbocycles. The van der Waals surface area contributed by atoms with E-state index in [0.29, 0.717) is 0 Å². The summed E-state index contributed by atoms with van der Waals surface area (Å²) in [5.41, 5.74) is 10.9. The number of anilines is 1. The molecule has 0 aliphatic heterocycles. The highest BCUT2D eigenvalue weighted by atomic mass is 32.1. The van der Waals surface area contributed by atoms with Gasteiger partial charge in [-0.15, -0.1) is 11.3 Å². The van der Waals surface area contributed by atoms with Crippen LogP contribution in [0, 0.1) is 0 Å². The lowest BCUT2D eigenvalue weighted by Crippen LogP contribution is -2.20. The molecule has 2 aromatic rings. The minimum absolute atomic E-state index is 0.838. The van der Waals surface area contributed by atoms with E-state index in [1.807, 2.05) is 23.7 Å². The molecule has 0 aliphatic rings. The van der Waals surface area contributed by atoms with E-state index in [1.54, 1.807) is 11.3 Å². The summed E-state index contributed by atoms with van der Waals surface area (Å²) in [5, 5.41) is 2.09. The molecule has 4 heteroatoms. The average molecular weight is 247 g/mol. The normalized spacial score (nSPS) is 10.9. The molecule has 0 radical (unpaired) electrons. The summed E-state index contributed by atoms with van der Waals surface area (Å²) in [5.74, 6) is 0. The first-order valence-electron chi connectivity index (χ1n) is 5.64. The minimum atomic E-state index is 0.838. The molecule has 0 spiro atoms. The quantitative estimate of drug-likeness (QED) is 0.825. The van der Waals surface area contributed by atoms with Crippen LogP contribution in [-0.4, -0.2) is 23.5 Å². The van der Waals surface area contributed by atoms with Gasteiger partial charge in [-0.25, -0.2) is 4.98 Å². The van der Waals surface area contributed by atoms with E-state index in [4.69, 9.17) is 5.73 Å². The number of nitrogens with two attached hydrogens (primary N) is 1. The van der Waals surface area contributed by atoms with Gasteiger partial charge in [0.1, 0.15) is 0 Å². The van der Waals surface area contributed by atoms with Crippen molar-refractivity contribution in [3.63, 3.8) is 0 Å². The number of nitrogen functional groups attached to an aromatic ring is 1. The number of hydrogen-bond acceptors (Lipinski definition) is 4. The Labute approximate surface area is 106 Å². The Morgan fingerprint density at radius 3 is 3.00 bits per heavy atom. The second kappa shape index (κ2) is 5.80. The summed E-state index contributed by atoms with van der Waals surface area (Å²) in [4.78, 5) is 6.56. The Morgan fingerprint density at radius 2 is 2.29 bits per heavy atom. The monoisotopic (exact) mass is 247 g/mol. The molecule has 0 bridgehead atoms. The zero-order valence-electron chi connectivity index (χ0n) is 9.97. The lowest BCUT2D eigenvalue weighted by atomic mass is 10.1. The van der Waals surface area contributed by atoms with Gasteiger partial charge in [-0.2, -0.15) is 0 Å². The van der Waals surface area contributed by atoms with Gasteiger partial charge < -0.3 is 10.6 Å². The predicted octanol–water partition coefficient (Wildman–Crippen LogP) is 2.40. The number of likely N-dealkylation sites (N-methyl/N-ethyl adjacent to an activating group) is 1. The van der Waals surface area contributed by atoms with Crippen LogP contribution in [0.15, 0.2) is 35.2 Å². The molecule has 0 aliphatic carbocycles. The van der Waals surface area contributed by atoms with Gasteiger partial charge >= 0.3 is 0 Å².